The van der Waals surface area contributed by atoms with Gasteiger partial charge < -0.3 is 0 Å². The molecule has 0 aromatic rings. The molecule has 0 aliphatic carbocycles. The van der Waals surface area contributed by atoms with E-state index in [4.69, 9.17) is 0 Å². The predicted molar refractivity (Wildman–Crippen MR) is 25.8 cm³/mol. The first kappa shape index (κ1) is 3.59. The number of hydrogen-bond acceptors (Lipinski definition) is 1. The highest BCUT2D eigenvalue weighted by Gasteiger charge is 1.77. The van der Waals surface area contributed by atoms with E-state index in [-0.39, 0.29) is 0 Å². The molecule has 1 nitrogen and oxygen atoms in total. The maximum atomic E-state index is 3.93. The summed E-state index contributed by atoms with van der Waals surface area (Å²) in [6.45, 7) is 0.833. The molecule has 6 heavy (non-hydrogen) atoms. The first-order valence-corrected chi connectivity index (χ1v) is 2.03. The van der Waals surface area contributed by atoms with E-state index in [0.29, 0.717) is 0 Å². The molecule has 0 atom stereocenters. The minimum atomic E-state index is 0.833. The van der Waals surface area contributed by atoms with Gasteiger partial charge in [-0.25, -0.2) is 0 Å². The summed E-state index contributed by atoms with van der Waals surface area (Å²) in [5.41, 5.74) is 0. The van der Waals surface area contributed by atoms with Gasteiger partial charge in [-0.05, 0) is 6.08 Å². The normalized spacial score (nSPS) is 18.7. The van der Waals surface area contributed by atoms with Crippen molar-refractivity contribution in [1.29, 1.82) is 0 Å². The molecule has 0 aromatic carbocycles. The summed E-state index contributed by atoms with van der Waals surface area (Å²) in [4.78, 5) is 3.93. The molecule has 1 radical (unpaired) electrons. The molecule has 0 saturated heterocycles. The van der Waals surface area contributed by atoms with Gasteiger partial charge in [0.25, 0.3) is 0 Å². The lowest BCUT2D eigenvalue weighted by molar-refractivity contribution is 1.17. The van der Waals surface area contributed by atoms with Crippen molar-refractivity contribution in [3.05, 3.63) is 12.2 Å². The van der Waals surface area contributed by atoms with Gasteiger partial charge in [0.15, 0.2) is 0 Å². The maximum Gasteiger partial charge on any atom is 0.0572 e. The van der Waals surface area contributed by atoms with Crippen LogP contribution in [0.2, 0.25) is 0 Å². The van der Waals surface area contributed by atoms with E-state index in [1.165, 1.54) is 0 Å². The Morgan fingerprint density at radius 1 is 1.67 bits per heavy atom. The largest absolute Gasteiger partial charge is 0.293 e. The quantitative estimate of drug-likeness (QED) is 0.408. The van der Waals surface area contributed by atoms with Crippen LogP contribution in [0.3, 0.4) is 0 Å². The van der Waals surface area contributed by atoms with Crippen LogP contribution in [0.4, 0.5) is 0 Å². The Hall–Kier alpha value is -0.590. The highest BCUT2D eigenvalue weighted by Crippen LogP contribution is 1.84. The Labute approximate surface area is 37.4 Å². The van der Waals surface area contributed by atoms with Gasteiger partial charge in [0.1, 0.15) is 0 Å². The third-order valence-corrected chi connectivity index (χ3v) is 0.679. The molecule has 0 spiro atoms. The lowest BCUT2D eigenvalue weighted by atomic mass is 10.3. The number of dihydropyridines is 1. The fourth-order valence-electron chi connectivity index (χ4n) is 0.392. The molecule has 0 amide bonds. The van der Waals surface area contributed by atoms with Crippen LogP contribution in [0.1, 0.15) is 6.42 Å². The highest BCUT2D eigenvalue weighted by atomic mass is 14.7. The lowest BCUT2D eigenvalue weighted by Crippen LogP contribution is -1.81. The highest BCUT2D eigenvalue weighted by molar-refractivity contribution is 5.59. The molecule has 0 aromatic heterocycles. The number of hydrogen-bond donors (Lipinski definition) is 0. The first-order chi connectivity index (χ1) is 3.00. The molecular weight excluding hydrogens is 74.1 g/mol. The standard InChI is InChI=1S/C5H6N/c1-2-4-6-5-3-1/h2,5H,3-4H2. The molecule has 0 saturated carbocycles. The van der Waals surface area contributed by atoms with Crippen molar-refractivity contribution in [2.45, 2.75) is 6.42 Å². The zero-order valence-corrected chi connectivity index (χ0v) is 3.52. The van der Waals surface area contributed by atoms with Crippen LogP contribution in [0.15, 0.2) is 11.1 Å². The summed E-state index contributed by atoms with van der Waals surface area (Å²) in [6, 6.07) is 0. The Bertz CT molecular complexity index is 61.9. The molecule has 0 N–H and O–H groups in total. The smallest absolute Gasteiger partial charge is 0.0572 e. The summed E-state index contributed by atoms with van der Waals surface area (Å²) >= 11 is 0. The first-order valence-electron chi connectivity index (χ1n) is 2.03. The number of nitrogens with zero attached hydrogens (tertiary/aromatic N) is 1. The van der Waals surface area contributed by atoms with Gasteiger partial charge >= 0.3 is 0 Å². The summed E-state index contributed by atoms with van der Waals surface area (Å²) in [5, 5.41) is 0. The van der Waals surface area contributed by atoms with E-state index in [9.17, 15) is 0 Å². The molecule has 0 unspecified atom stereocenters. The van der Waals surface area contributed by atoms with Gasteiger partial charge in [0, 0.05) is 12.6 Å². The zero-order chi connectivity index (χ0) is 4.24. The third kappa shape index (κ3) is 0.677. The SMILES string of the molecule is [C]1=CCN=CC1. The van der Waals surface area contributed by atoms with Crippen LogP contribution in [0, 0.1) is 6.08 Å². The van der Waals surface area contributed by atoms with E-state index in [1.807, 2.05) is 12.3 Å². The van der Waals surface area contributed by atoms with Gasteiger partial charge in [-0.3, -0.25) is 4.99 Å². The van der Waals surface area contributed by atoms with Crippen molar-refractivity contribution in [1.82, 2.24) is 0 Å². The summed E-state index contributed by atoms with van der Waals surface area (Å²) < 4.78 is 0. The van der Waals surface area contributed by atoms with Gasteiger partial charge in [-0.1, -0.05) is 6.08 Å². The molecule has 1 heteroatoms. The van der Waals surface area contributed by atoms with Crippen molar-refractivity contribution >= 4 is 6.21 Å². The van der Waals surface area contributed by atoms with E-state index < -0.39 is 0 Å². The average molecular weight is 80.1 g/mol. The Morgan fingerprint density at radius 3 is 2.83 bits per heavy atom. The minimum Gasteiger partial charge on any atom is -0.293 e. The van der Waals surface area contributed by atoms with Gasteiger partial charge in [0.2, 0.25) is 0 Å². The third-order valence-electron chi connectivity index (χ3n) is 0.679. The average Bonchev–Trinajstić information content (AvgIpc) is 1.72. The molecular formula is C5H6N. The second kappa shape index (κ2) is 1.75. The Balaban J connectivity index is 2.40. The zero-order valence-electron chi connectivity index (χ0n) is 3.52. The Morgan fingerprint density at radius 2 is 2.67 bits per heavy atom. The summed E-state index contributed by atoms with van der Waals surface area (Å²) in [7, 11) is 0. The van der Waals surface area contributed by atoms with E-state index >= 15 is 0 Å². The fraction of sp³-hybridized carbons (Fsp3) is 0.400. The monoisotopic (exact) mass is 80.1 g/mol. The fourth-order valence-corrected chi connectivity index (χ4v) is 0.392. The minimum absolute atomic E-state index is 0.833. The van der Waals surface area contributed by atoms with Crippen molar-refractivity contribution in [3.8, 4) is 0 Å². The van der Waals surface area contributed by atoms with Crippen LogP contribution in [0.25, 0.3) is 0 Å². The van der Waals surface area contributed by atoms with Crippen LogP contribution >= 0.6 is 0 Å². The number of aliphatic imine (C=N–C) groups is 1. The van der Waals surface area contributed by atoms with Crippen LogP contribution in [0.5, 0.6) is 0 Å². The molecule has 1 aliphatic heterocycles. The van der Waals surface area contributed by atoms with Crippen molar-refractivity contribution < 1.29 is 0 Å². The number of rotatable bonds is 0. The van der Waals surface area contributed by atoms with Gasteiger partial charge in [-0.15, -0.1) is 0 Å². The van der Waals surface area contributed by atoms with Crippen molar-refractivity contribution in [2.75, 3.05) is 6.54 Å². The Kier molecular flexibility index (Phi) is 1.05. The second-order valence-electron chi connectivity index (χ2n) is 1.16. The van der Waals surface area contributed by atoms with Crippen LogP contribution in [-0.2, 0) is 0 Å². The molecule has 31 valence electrons. The second-order valence-corrected chi connectivity index (χ2v) is 1.16. The predicted octanol–water partition coefficient (Wildman–Crippen LogP) is 0.820. The summed E-state index contributed by atoms with van der Waals surface area (Å²) in [6.07, 6.45) is 7.73. The molecule has 1 heterocycles. The molecule has 0 bridgehead atoms. The van der Waals surface area contributed by atoms with E-state index in [2.05, 4.69) is 11.1 Å². The van der Waals surface area contributed by atoms with Crippen molar-refractivity contribution in [2.24, 2.45) is 4.99 Å². The van der Waals surface area contributed by atoms with Gasteiger partial charge in [0.05, 0.1) is 6.54 Å². The number of allylic oxidation sites excluding steroid dienone is 1. The summed E-state index contributed by atoms with van der Waals surface area (Å²) in [5.74, 6) is 0. The van der Waals surface area contributed by atoms with E-state index in [1.54, 1.807) is 0 Å². The molecule has 1 rings (SSSR count). The molecule has 1 aliphatic rings. The topological polar surface area (TPSA) is 12.4 Å². The van der Waals surface area contributed by atoms with Crippen LogP contribution in [-0.4, -0.2) is 12.8 Å². The lowest BCUT2D eigenvalue weighted by Gasteiger charge is -1.87. The van der Waals surface area contributed by atoms with Crippen LogP contribution < -0.4 is 0 Å². The van der Waals surface area contributed by atoms with E-state index in [0.717, 1.165) is 13.0 Å². The van der Waals surface area contributed by atoms with Crippen molar-refractivity contribution in [3.63, 3.8) is 0 Å². The van der Waals surface area contributed by atoms with Gasteiger partial charge in [-0.2, -0.15) is 0 Å². The molecule has 0 fully saturated rings. The maximum absolute atomic E-state index is 3.93.